The minimum absolute atomic E-state index is 0.176. The van der Waals surface area contributed by atoms with Gasteiger partial charge in [-0.25, -0.2) is 0 Å². The highest BCUT2D eigenvalue weighted by Crippen LogP contribution is 2.20. The third-order valence-corrected chi connectivity index (χ3v) is 3.18. The monoisotopic (exact) mass is 267 g/mol. The first-order chi connectivity index (χ1) is 9.66. The van der Waals surface area contributed by atoms with E-state index in [0.29, 0.717) is 5.56 Å². The summed E-state index contributed by atoms with van der Waals surface area (Å²) < 4.78 is 0. The molecule has 0 heterocycles. The van der Waals surface area contributed by atoms with Crippen LogP contribution < -0.4 is 0 Å². The first-order valence-corrected chi connectivity index (χ1v) is 6.62. The lowest BCUT2D eigenvalue weighted by Gasteiger charge is -1.99. The van der Waals surface area contributed by atoms with E-state index in [1.54, 1.807) is 19.1 Å². The largest absolute Gasteiger partial charge is 0.272 e. The Labute approximate surface area is 118 Å². The summed E-state index contributed by atoms with van der Waals surface area (Å²) in [6.07, 6.45) is 5.90. The normalized spacial score (nSPS) is 10.8. The zero-order chi connectivity index (χ0) is 14.4. The third kappa shape index (κ3) is 3.79. The molecule has 3 nitrogen and oxygen atoms in total. The van der Waals surface area contributed by atoms with Crippen LogP contribution in [-0.2, 0) is 6.42 Å². The highest BCUT2D eigenvalue weighted by atomic mass is 16.6. The molecule has 0 unspecified atom stereocenters. The average molecular weight is 267 g/mol. The van der Waals surface area contributed by atoms with Gasteiger partial charge < -0.3 is 0 Å². The predicted octanol–water partition coefficient (Wildman–Crippen LogP) is 4.55. The van der Waals surface area contributed by atoms with E-state index in [2.05, 4.69) is 18.2 Å². The fourth-order valence-corrected chi connectivity index (χ4v) is 2.04. The molecule has 0 spiro atoms. The van der Waals surface area contributed by atoms with Gasteiger partial charge in [-0.3, -0.25) is 10.1 Å². The second kappa shape index (κ2) is 6.66. The maximum absolute atomic E-state index is 10.9. The lowest BCUT2D eigenvalue weighted by Crippen LogP contribution is -1.91. The molecular formula is C17H17NO2. The summed E-state index contributed by atoms with van der Waals surface area (Å²) in [5.74, 6) is 0. The van der Waals surface area contributed by atoms with Gasteiger partial charge in [-0.1, -0.05) is 54.6 Å². The molecule has 0 saturated heterocycles. The lowest BCUT2D eigenvalue weighted by atomic mass is 10.1. The summed E-state index contributed by atoms with van der Waals surface area (Å²) in [7, 11) is 0. The molecule has 2 aromatic rings. The first-order valence-electron chi connectivity index (χ1n) is 6.62. The van der Waals surface area contributed by atoms with Crippen LogP contribution >= 0.6 is 0 Å². The van der Waals surface area contributed by atoms with Gasteiger partial charge in [-0.15, -0.1) is 0 Å². The van der Waals surface area contributed by atoms with E-state index in [0.717, 1.165) is 18.4 Å². The van der Waals surface area contributed by atoms with Crippen LogP contribution in [0.5, 0.6) is 0 Å². The number of rotatable bonds is 5. The Morgan fingerprint density at radius 1 is 1.15 bits per heavy atom. The maximum atomic E-state index is 10.9. The minimum Gasteiger partial charge on any atom is -0.258 e. The molecule has 3 heteroatoms. The van der Waals surface area contributed by atoms with Crippen molar-refractivity contribution in [3.63, 3.8) is 0 Å². The van der Waals surface area contributed by atoms with Crippen molar-refractivity contribution in [2.24, 2.45) is 0 Å². The second-order valence-corrected chi connectivity index (χ2v) is 4.73. The number of aryl methyl sites for hydroxylation is 2. The number of hydrogen-bond donors (Lipinski definition) is 0. The molecule has 0 aliphatic heterocycles. The molecule has 2 rings (SSSR count). The Morgan fingerprint density at radius 2 is 1.90 bits per heavy atom. The number of nitro benzene ring substituents is 1. The molecule has 0 fully saturated rings. The summed E-state index contributed by atoms with van der Waals surface area (Å²) in [6.45, 7) is 1.75. The number of allylic oxidation sites excluding steroid dienone is 1. The molecule has 0 bridgehead atoms. The highest BCUT2D eigenvalue weighted by molar-refractivity contribution is 5.55. The van der Waals surface area contributed by atoms with Gasteiger partial charge in [0.25, 0.3) is 5.69 Å². The zero-order valence-electron chi connectivity index (χ0n) is 11.5. The number of nitro groups is 1. The van der Waals surface area contributed by atoms with Crippen LogP contribution in [0.2, 0.25) is 0 Å². The number of hydrogen-bond acceptors (Lipinski definition) is 2. The number of nitrogens with zero attached hydrogens (tertiary/aromatic N) is 1. The van der Waals surface area contributed by atoms with Crippen LogP contribution in [0.25, 0.3) is 6.08 Å². The maximum Gasteiger partial charge on any atom is 0.272 e. The fraction of sp³-hybridized carbons (Fsp3) is 0.176. The van der Waals surface area contributed by atoms with Crippen LogP contribution in [0.15, 0.2) is 54.6 Å². The van der Waals surface area contributed by atoms with E-state index in [9.17, 15) is 10.1 Å². The van der Waals surface area contributed by atoms with Gasteiger partial charge >= 0.3 is 0 Å². The molecule has 0 atom stereocenters. The van der Waals surface area contributed by atoms with Crippen LogP contribution in [0.3, 0.4) is 0 Å². The van der Waals surface area contributed by atoms with Crippen LogP contribution in [0.1, 0.15) is 23.1 Å². The summed E-state index contributed by atoms with van der Waals surface area (Å²) in [5, 5.41) is 10.9. The lowest BCUT2D eigenvalue weighted by molar-refractivity contribution is -0.385. The van der Waals surface area contributed by atoms with Crippen LogP contribution in [0, 0.1) is 17.0 Å². The van der Waals surface area contributed by atoms with Gasteiger partial charge in [-0.2, -0.15) is 0 Å². The van der Waals surface area contributed by atoms with Crippen molar-refractivity contribution in [2.45, 2.75) is 19.8 Å². The molecule has 0 aromatic heterocycles. The van der Waals surface area contributed by atoms with Crippen molar-refractivity contribution >= 4 is 11.8 Å². The molecule has 0 aliphatic rings. The molecule has 0 amide bonds. The molecule has 0 saturated carbocycles. The fourth-order valence-electron chi connectivity index (χ4n) is 2.04. The first kappa shape index (κ1) is 14.0. The van der Waals surface area contributed by atoms with Crippen LogP contribution in [-0.4, -0.2) is 4.92 Å². The second-order valence-electron chi connectivity index (χ2n) is 4.73. The van der Waals surface area contributed by atoms with E-state index < -0.39 is 0 Å². The molecule has 0 aliphatic carbocycles. The van der Waals surface area contributed by atoms with Gasteiger partial charge in [0.1, 0.15) is 0 Å². The van der Waals surface area contributed by atoms with E-state index in [-0.39, 0.29) is 10.6 Å². The van der Waals surface area contributed by atoms with Crippen molar-refractivity contribution in [3.05, 3.63) is 81.4 Å². The third-order valence-electron chi connectivity index (χ3n) is 3.18. The topological polar surface area (TPSA) is 43.1 Å². The van der Waals surface area contributed by atoms with Crippen molar-refractivity contribution in [2.75, 3.05) is 0 Å². The standard InChI is InChI=1S/C17H17NO2/c1-14-11-12-16(13-17(14)18(19)20)10-6-5-9-15-7-3-2-4-8-15/h2-4,6-8,10-13H,5,9H2,1H3. The van der Waals surface area contributed by atoms with E-state index in [1.807, 2.05) is 30.3 Å². The summed E-state index contributed by atoms with van der Waals surface area (Å²) in [6, 6.07) is 15.6. The zero-order valence-corrected chi connectivity index (χ0v) is 11.5. The van der Waals surface area contributed by atoms with E-state index in [1.165, 1.54) is 5.56 Å². The van der Waals surface area contributed by atoms with E-state index in [4.69, 9.17) is 0 Å². The molecule has 20 heavy (non-hydrogen) atoms. The Morgan fingerprint density at radius 3 is 2.60 bits per heavy atom. The van der Waals surface area contributed by atoms with Crippen molar-refractivity contribution in [1.82, 2.24) is 0 Å². The molecule has 102 valence electrons. The van der Waals surface area contributed by atoms with Crippen LogP contribution in [0.4, 0.5) is 5.69 Å². The van der Waals surface area contributed by atoms with Crippen molar-refractivity contribution < 1.29 is 4.92 Å². The van der Waals surface area contributed by atoms with Gasteiger partial charge in [0.05, 0.1) is 4.92 Å². The molecule has 2 aromatic carbocycles. The van der Waals surface area contributed by atoms with Gasteiger partial charge in [0.15, 0.2) is 0 Å². The van der Waals surface area contributed by atoms with Gasteiger partial charge in [0, 0.05) is 11.6 Å². The van der Waals surface area contributed by atoms with Gasteiger partial charge in [-0.05, 0) is 30.9 Å². The molecule has 0 radical (unpaired) electrons. The van der Waals surface area contributed by atoms with E-state index >= 15 is 0 Å². The minimum atomic E-state index is -0.337. The predicted molar refractivity (Wildman–Crippen MR) is 81.6 cm³/mol. The molecular weight excluding hydrogens is 250 g/mol. The average Bonchev–Trinajstić information content (AvgIpc) is 2.46. The van der Waals surface area contributed by atoms with Gasteiger partial charge in [0.2, 0.25) is 0 Å². The highest BCUT2D eigenvalue weighted by Gasteiger charge is 2.09. The Kier molecular flexibility index (Phi) is 4.66. The smallest absolute Gasteiger partial charge is 0.258 e. The quantitative estimate of drug-likeness (QED) is 0.589. The summed E-state index contributed by atoms with van der Waals surface area (Å²) in [4.78, 5) is 10.5. The molecule has 0 N–H and O–H groups in total. The van der Waals surface area contributed by atoms with Crippen molar-refractivity contribution in [3.8, 4) is 0 Å². The Hall–Kier alpha value is -2.42. The number of benzene rings is 2. The summed E-state index contributed by atoms with van der Waals surface area (Å²) >= 11 is 0. The Bertz CT molecular complexity index is 618. The summed E-state index contributed by atoms with van der Waals surface area (Å²) in [5.41, 5.74) is 3.04. The SMILES string of the molecule is Cc1ccc(C=CCCc2ccccc2)cc1[N+](=O)[O-]. The van der Waals surface area contributed by atoms with Crippen molar-refractivity contribution in [1.29, 1.82) is 0 Å². The Balaban J connectivity index is 1.98.